The van der Waals surface area contributed by atoms with Gasteiger partial charge in [-0.2, -0.15) is 0 Å². The van der Waals surface area contributed by atoms with Gasteiger partial charge in [0.05, 0.1) is 23.4 Å². The van der Waals surface area contributed by atoms with E-state index in [-0.39, 0.29) is 5.75 Å². The second kappa shape index (κ2) is 8.19. The summed E-state index contributed by atoms with van der Waals surface area (Å²) in [5, 5.41) is 2.70. The monoisotopic (exact) mass is 425 g/mol. The molecule has 2 aromatic rings. The predicted octanol–water partition coefficient (Wildman–Crippen LogP) is 2.12. The Morgan fingerprint density at radius 2 is 1.54 bits per heavy atom. The fraction of sp³-hybridized carbons (Fsp3) is 0.278. The third-order valence-electron chi connectivity index (χ3n) is 4.24. The SMILES string of the molecule is CCS(=O)(=O)N(C)c1ccc(C(=O)Nc2cccc(N(C)S(C)(=O)=O)c2)cc1. The van der Waals surface area contributed by atoms with Crippen molar-refractivity contribution in [1.82, 2.24) is 0 Å². The van der Waals surface area contributed by atoms with Crippen LogP contribution < -0.4 is 13.9 Å². The smallest absolute Gasteiger partial charge is 0.255 e. The summed E-state index contributed by atoms with van der Waals surface area (Å²) in [7, 11) is -3.91. The van der Waals surface area contributed by atoms with Crippen molar-refractivity contribution in [3.05, 3.63) is 54.1 Å². The van der Waals surface area contributed by atoms with Crippen LogP contribution in [0.2, 0.25) is 0 Å². The minimum absolute atomic E-state index is 0.0238. The highest BCUT2D eigenvalue weighted by Crippen LogP contribution is 2.22. The van der Waals surface area contributed by atoms with Crippen molar-refractivity contribution in [2.24, 2.45) is 0 Å². The molecule has 1 N–H and O–H groups in total. The molecule has 28 heavy (non-hydrogen) atoms. The number of benzene rings is 2. The summed E-state index contributed by atoms with van der Waals surface area (Å²) in [5.41, 5.74) is 1.65. The van der Waals surface area contributed by atoms with Crippen molar-refractivity contribution in [3.8, 4) is 0 Å². The summed E-state index contributed by atoms with van der Waals surface area (Å²) in [6.45, 7) is 1.56. The van der Waals surface area contributed by atoms with E-state index < -0.39 is 26.0 Å². The highest BCUT2D eigenvalue weighted by molar-refractivity contribution is 7.92. The van der Waals surface area contributed by atoms with Crippen molar-refractivity contribution in [2.45, 2.75) is 6.92 Å². The maximum Gasteiger partial charge on any atom is 0.255 e. The number of carbonyl (C=O) groups excluding carboxylic acids is 1. The second-order valence-electron chi connectivity index (χ2n) is 6.15. The van der Waals surface area contributed by atoms with E-state index in [4.69, 9.17) is 0 Å². The van der Waals surface area contributed by atoms with Crippen LogP contribution in [0.5, 0.6) is 0 Å². The molecule has 0 aliphatic heterocycles. The van der Waals surface area contributed by atoms with Gasteiger partial charge in [-0.15, -0.1) is 0 Å². The molecule has 0 aromatic heterocycles. The molecule has 0 atom stereocenters. The first-order chi connectivity index (χ1) is 13.0. The lowest BCUT2D eigenvalue weighted by molar-refractivity contribution is 0.102. The van der Waals surface area contributed by atoms with Gasteiger partial charge in [0.1, 0.15) is 0 Å². The van der Waals surface area contributed by atoms with Crippen molar-refractivity contribution >= 4 is 43.0 Å². The van der Waals surface area contributed by atoms with E-state index in [1.54, 1.807) is 43.3 Å². The van der Waals surface area contributed by atoms with E-state index in [0.717, 1.165) is 10.6 Å². The lowest BCUT2D eigenvalue weighted by atomic mass is 10.2. The van der Waals surface area contributed by atoms with Crippen LogP contribution in [0.25, 0.3) is 0 Å². The molecule has 8 nitrogen and oxygen atoms in total. The Bertz CT molecular complexity index is 1060. The van der Waals surface area contributed by atoms with E-state index in [2.05, 4.69) is 5.32 Å². The Morgan fingerprint density at radius 1 is 0.929 bits per heavy atom. The maximum atomic E-state index is 12.5. The zero-order chi connectivity index (χ0) is 21.1. The number of amides is 1. The van der Waals surface area contributed by atoms with Gasteiger partial charge >= 0.3 is 0 Å². The van der Waals surface area contributed by atoms with Gasteiger partial charge in [0, 0.05) is 25.3 Å². The highest BCUT2D eigenvalue weighted by atomic mass is 32.2. The zero-order valence-corrected chi connectivity index (χ0v) is 17.7. The Balaban J connectivity index is 2.18. The van der Waals surface area contributed by atoms with Crippen LogP contribution in [0, 0.1) is 0 Å². The third-order valence-corrected chi connectivity index (χ3v) is 7.22. The summed E-state index contributed by atoms with van der Waals surface area (Å²) in [5.74, 6) is -0.420. The van der Waals surface area contributed by atoms with Crippen LogP contribution in [0.4, 0.5) is 17.1 Å². The number of carbonyl (C=O) groups is 1. The van der Waals surface area contributed by atoms with E-state index in [1.165, 1.54) is 30.5 Å². The van der Waals surface area contributed by atoms with Crippen LogP contribution in [-0.4, -0.2) is 48.8 Å². The van der Waals surface area contributed by atoms with Crippen LogP contribution in [-0.2, 0) is 20.0 Å². The second-order valence-corrected chi connectivity index (χ2v) is 10.5. The molecule has 0 radical (unpaired) electrons. The number of rotatable bonds is 7. The molecule has 10 heteroatoms. The lowest BCUT2D eigenvalue weighted by Crippen LogP contribution is -2.28. The van der Waals surface area contributed by atoms with Crippen molar-refractivity contribution in [1.29, 1.82) is 0 Å². The molecule has 2 aromatic carbocycles. The third kappa shape index (κ3) is 5.02. The van der Waals surface area contributed by atoms with E-state index in [1.807, 2.05) is 0 Å². The minimum atomic E-state index is -3.41. The van der Waals surface area contributed by atoms with Gasteiger partial charge in [0.2, 0.25) is 20.0 Å². The minimum Gasteiger partial charge on any atom is -0.322 e. The van der Waals surface area contributed by atoms with Gasteiger partial charge in [-0.05, 0) is 49.4 Å². The molecule has 0 fully saturated rings. The van der Waals surface area contributed by atoms with E-state index >= 15 is 0 Å². The van der Waals surface area contributed by atoms with Crippen molar-refractivity contribution < 1.29 is 21.6 Å². The Kier molecular flexibility index (Phi) is 6.35. The number of hydrogen-bond donors (Lipinski definition) is 1. The summed E-state index contributed by atoms with van der Waals surface area (Å²) in [6.07, 6.45) is 1.09. The molecule has 0 saturated heterocycles. The summed E-state index contributed by atoms with van der Waals surface area (Å²) >= 11 is 0. The largest absolute Gasteiger partial charge is 0.322 e. The first-order valence-electron chi connectivity index (χ1n) is 8.37. The first-order valence-corrected chi connectivity index (χ1v) is 11.8. The Hall–Kier alpha value is -2.59. The van der Waals surface area contributed by atoms with Gasteiger partial charge in [0.25, 0.3) is 5.91 Å². The van der Waals surface area contributed by atoms with Gasteiger partial charge in [0.15, 0.2) is 0 Å². The van der Waals surface area contributed by atoms with Crippen LogP contribution in [0.3, 0.4) is 0 Å². The van der Waals surface area contributed by atoms with E-state index in [0.29, 0.717) is 22.6 Å². The van der Waals surface area contributed by atoms with Gasteiger partial charge in [-0.3, -0.25) is 13.4 Å². The molecule has 2 rings (SSSR count). The average molecular weight is 426 g/mol. The molecule has 152 valence electrons. The van der Waals surface area contributed by atoms with Gasteiger partial charge < -0.3 is 5.32 Å². The van der Waals surface area contributed by atoms with Gasteiger partial charge in [-0.1, -0.05) is 6.07 Å². The van der Waals surface area contributed by atoms with Crippen molar-refractivity contribution in [2.75, 3.05) is 40.0 Å². The first kappa shape index (κ1) is 21.7. The summed E-state index contributed by atoms with van der Waals surface area (Å²) < 4.78 is 49.4. The van der Waals surface area contributed by atoms with Crippen LogP contribution in [0.15, 0.2) is 48.5 Å². The molecule has 0 bridgehead atoms. The zero-order valence-electron chi connectivity index (χ0n) is 16.1. The molecule has 0 spiro atoms. The summed E-state index contributed by atoms with van der Waals surface area (Å²) in [6, 6.07) is 12.6. The molecule has 0 unspecified atom stereocenters. The summed E-state index contributed by atoms with van der Waals surface area (Å²) in [4.78, 5) is 12.5. The average Bonchev–Trinajstić information content (AvgIpc) is 2.66. The molecular formula is C18H23N3O5S2. The topological polar surface area (TPSA) is 104 Å². The number of hydrogen-bond acceptors (Lipinski definition) is 5. The maximum absolute atomic E-state index is 12.5. The molecule has 0 heterocycles. The molecule has 1 amide bonds. The van der Waals surface area contributed by atoms with Gasteiger partial charge in [-0.25, -0.2) is 16.8 Å². The lowest BCUT2D eigenvalue weighted by Gasteiger charge is -2.19. The number of sulfonamides is 2. The highest BCUT2D eigenvalue weighted by Gasteiger charge is 2.17. The fourth-order valence-corrected chi connectivity index (χ4v) is 3.68. The Labute approximate surface area is 165 Å². The fourth-order valence-electron chi connectivity index (χ4n) is 2.35. The molecule has 0 aliphatic rings. The molecule has 0 saturated carbocycles. The number of nitrogens with zero attached hydrogens (tertiary/aromatic N) is 2. The van der Waals surface area contributed by atoms with E-state index in [9.17, 15) is 21.6 Å². The quantitative estimate of drug-likeness (QED) is 0.732. The molecule has 0 aliphatic carbocycles. The van der Waals surface area contributed by atoms with Crippen LogP contribution in [0.1, 0.15) is 17.3 Å². The number of nitrogens with one attached hydrogen (secondary N) is 1. The molecular weight excluding hydrogens is 402 g/mol. The normalized spacial score (nSPS) is 11.7. The number of anilines is 3. The Morgan fingerprint density at radius 3 is 2.07 bits per heavy atom. The predicted molar refractivity (Wildman–Crippen MR) is 112 cm³/mol. The van der Waals surface area contributed by atoms with Crippen LogP contribution >= 0.6 is 0 Å². The van der Waals surface area contributed by atoms with Crippen molar-refractivity contribution in [3.63, 3.8) is 0 Å². The standard InChI is InChI=1S/C18H23N3O5S2/c1-5-28(25,26)21(3)16-11-9-14(10-12-16)18(22)19-15-7-6-8-17(13-15)20(2)27(4,23)24/h6-13H,5H2,1-4H3,(H,19,22).